The summed E-state index contributed by atoms with van der Waals surface area (Å²) in [5.41, 5.74) is 1.24. The molecule has 2 aromatic heterocycles. The average Bonchev–Trinajstić information content (AvgIpc) is 2.87. The minimum absolute atomic E-state index is 0.219. The third-order valence-electron chi connectivity index (χ3n) is 2.90. The van der Waals surface area contributed by atoms with Crippen LogP contribution in [0.1, 0.15) is 41.3 Å². The summed E-state index contributed by atoms with van der Waals surface area (Å²) in [4.78, 5) is 1.31. The Balaban J connectivity index is 2.37. The smallest absolute Gasteiger partial charge is 0.106 e. The van der Waals surface area contributed by atoms with Crippen molar-refractivity contribution in [3.8, 4) is 0 Å². The van der Waals surface area contributed by atoms with Gasteiger partial charge in [0, 0.05) is 14.9 Å². The van der Waals surface area contributed by atoms with Gasteiger partial charge in [0.15, 0.2) is 0 Å². The van der Waals surface area contributed by atoms with Gasteiger partial charge < -0.3 is 9.73 Å². The molecule has 1 N–H and O–H groups in total. The summed E-state index contributed by atoms with van der Waals surface area (Å²) < 4.78 is 6.83. The van der Waals surface area contributed by atoms with Gasteiger partial charge in [0.25, 0.3) is 0 Å². The van der Waals surface area contributed by atoms with E-state index in [0.29, 0.717) is 0 Å². The summed E-state index contributed by atoms with van der Waals surface area (Å²) >= 11 is 5.40. The van der Waals surface area contributed by atoms with Gasteiger partial charge in [0.05, 0.1) is 6.04 Å². The average molecular weight is 328 g/mol. The highest BCUT2D eigenvalue weighted by Crippen LogP contribution is 2.35. The lowest BCUT2D eigenvalue weighted by molar-refractivity contribution is 0.494. The number of furan rings is 1. The van der Waals surface area contributed by atoms with Gasteiger partial charge in [-0.2, -0.15) is 0 Å². The molecule has 0 bridgehead atoms. The van der Waals surface area contributed by atoms with Crippen molar-refractivity contribution in [2.24, 2.45) is 0 Å². The van der Waals surface area contributed by atoms with Crippen LogP contribution < -0.4 is 5.32 Å². The van der Waals surface area contributed by atoms with E-state index in [9.17, 15) is 0 Å². The first-order valence-corrected chi connectivity index (χ1v) is 7.84. The van der Waals surface area contributed by atoms with Crippen LogP contribution in [0.5, 0.6) is 0 Å². The van der Waals surface area contributed by atoms with Crippen molar-refractivity contribution in [3.63, 3.8) is 0 Å². The zero-order valence-corrected chi connectivity index (χ0v) is 13.3. The van der Waals surface area contributed by atoms with Crippen LogP contribution in [0, 0.1) is 13.8 Å². The zero-order valence-electron chi connectivity index (χ0n) is 10.9. The molecular formula is C14H18BrNOS. The molecule has 2 aromatic rings. The molecule has 1 atom stereocenters. The maximum Gasteiger partial charge on any atom is 0.106 e. The number of thiophene rings is 1. The predicted octanol–water partition coefficient (Wildman–Crippen LogP) is 4.81. The zero-order chi connectivity index (χ0) is 13.1. The molecule has 1 unspecified atom stereocenters. The maximum absolute atomic E-state index is 5.66. The van der Waals surface area contributed by atoms with Crippen LogP contribution in [-0.2, 0) is 0 Å². The summed E-state index contributed by atoms with van der Waals surface area (Å²) in [5.74, 6) is 1.97. The van der Waals surface area contributed by atoms with Gasteiger partial charge in [0.1, 0.15) is 11.5 Å². The Morgan fingerprint density at radius 1 is 1.44 bits per heavy atom. The van der Waals surface area contributed by atoms with E-state index >= 15 is 0 Å². The number of hydrogen-bond donors (Lipinski definition) is 1. The van der Waals surface area contributed by atoms with Crippen LogP contribution in [0.2, 0.25) is 0 Å². The van der Waals surface area contributed by atoms with Crippen molar-refractivity contribution in [2.75, 3.05) is 6.54 Å². The second-order valence-corrected chi connectivity index (χ2v) is 6.19. The molecule has 0 radical (unpaired) electrons. The van der Waals surface area contributed by atoms with Crippen molar-refractivity contribution in [1.82, 2.24) is 5.32 Å². The molecule has 0 aromatic carbocycles. The molecule has 98 valence electrons. The largest absolute Gasteiger partial charge is 0.466 e. The molecule has 2 rings (SSSR count). The first-order valence-electron chi connectivity index (χ1n) is 6.16. The lowest BCUT2D eigenvalue weighted by atomic mass is 10.1. The topological polar surface area (TPSA) is 25.2 Å². The van der Waals surface area contributed by atoms with Gasteiger partial charge >= 0.3 is 0 Å². The number of aryl methyl sites for hydroxylation is 2. The van der Waals surface area contributed by atoms with Crippen LogP contribution in [0.3, 0.4) is 0 Å². The van der Waals surface area contributed by atoms with E-state index < -0.39 is 0 Å². The SMILES string of the molecule is CCCNC(c1cc(C)oc1C)c1sccc1Br. The Morgan fingerprint density at radius 3 is 2.72 bits per heavy atom. The fourth-order valence-electron chi connectivity index (χ4n) is 2.08. The second-order valence-electron chi connectivity index (χ2n) is 4.39. The molecule has 0 aliphatic heterocycles. The Morgan fingerprint density at radius 2 is 2.22 bits per heavy atom. The number of hydrogen-bond acceptors (Lipinski definition) is 3. The quantitative estimate of drug-likeness (QED) is 0.852. The first kappa shape index (κ1) is 13.8. The fraction of sp³-hybridized carbons (Fsp3) is 0.429. The van der Waals surface area contributed by atoms with E-state index in [1.165, 1.54) is 14.9 Å². The minimum atomic E-state index is 0.219. The Bertz CT molecular complexity index is 518. The van der Waals surface area contributed by atoms with Crippen LogP contribution in [0.4, 0.5) is 0 Å². The highest BCUT2D eigenvalue weighted by molar-refractivity contribution is 9.10. The predicted molar refractivity (Wildman–Crippen MR) is 80.3 cm³/mol. The van der Waals surface area contributed by atoms with Gasteiger partial charge in [-0.25, -0.2) is 0 Å². The molecule has 18 heavy (non-hydrogen) atoms. The molecule has 0 saturated heterocycles. The molecular weight excluding hydrogens is 310 g/mol. The molecule has 2 nitrogen and oxygen atoms in total. The minimum Gasteiger partial charge on any atom is -0.466 e. The molecule has 0 saturated carbocycles. The number of rotatable bonds is 5. The number of halogens is 1. The Kier molecular flexibility index (Phi) is 4.65. The van der Waals surface area contributed by atoms with Crippen molar-refractivity contribution in [1.29, 1.82) is 0 Å². The van der Waals surface area contributed by atoms with Crippen molar-refractivity contribution in [2.45, 2.75) is 33.2 Å². The number of nitrogens with one attached hydrogen (secondary N) is 1. The summed E-state index contributed by atoms with van der Waals surface area (Å²) in [5, 5.41) is 5.72. The van der Waals surface area contributed by atoms with Gasteiger partial charge in [0.2, 0.25) is 0 Å². The van der Waals surface area contributed by atoms with Gasteiger partial charge in [-0.3, -0.25) is 0 Å². The summed E-state index contributed by atoms with van der Waals surface area (Å²) in [7, 11) is 0. The summed E-state index contributed by atoms with van der Waals surface area (Å²) in [6, 6.07) is 4.45. The third-order valence-corrected chi connectivity index (χ3v) is 4.83. The van der Waals surface area contributed by atoms with E-state index in [4.69, 9.17) is 4.42 Å². The van der Waals surface area contributed by atoms with E-state index in [1.54, 1.807) is 11.3 Å². The fourth-order valence-corrected chi connectivity index (χ4v) is 3.78. The van der Waals surface area contributed by atoms with Crippen molar-refractivity contribution in [3.05, 3.63) is 43.9 Å². The molecule has 0 aliphatic rings. The third kappa shape index (κ3) is 2.87. The molecule has 4 heteroatoms. The molecule has 0 fully saturated rings. The van der Waals surface area contributed by atoms with E-state index in [1.807, 2.05) is 13.8 Å². The maximum atomic E-state index is 5.66. The lowest BCUT2D eigenvalue weighted by Gasteiger charge is -2.17. The Hall–Kier alpha value is -0.580. The Labute approximate surface area is 121 Å². The van der Waals surface area contributed by atoms with Crippen LogP contribution >= 0.6 is 27.3 Å². The highest BCUT2D eigenvalue weighted by atomic mass is 79.9. The van der Waals surface area contributed by atoms with Crippen molar-refractivity contribution < 1.29 is 4.42 Å². The van der Waals surface area contributed by atoms with E-state index in [0.717, 1.165) is 24.5 Å². The highest BCUT2D eigenvalue weighted by Gasteiger charge is 2.21. The lowest BCUT2D eigenvalue weighted by Crippen LogP contribution is -2.22. The van der Waals surface area contributed by atoms with Gasteiger partial charge in [-0.15, -0.1) is 11.3 Å². The normalized spacial score (nSPS) is 12.9. The first-order chi connectivity index (χ1) is 8.63. The second kappa shape index (κ2) is 6.04. The summed E-state index contributed by atoms with van der Waals surface area (Å²) in [6.07, 6.45) is 1.12. The van der Waals surface area contributed by atoms with Crippen molar-refractivity contribution >= 4 is 27.3 Å². The van der Waals surface area contributed by atoms with Gasteiger partial charge in [-0.1, -0.05) is 6.92 Å². The van der Waals surface area contributed by atoms with E-state index in [2.05, 4.69) is 45.7 Å². The standard InChI is InChI=1S/C14H18BrNOS/c1-4-6-16-13(14-12(15)5-7-18-14)11-8-9(2)17-10(11)3/h5,7-8,13,16H,4,6H2,1-3H3. The molecule has 0 amide bonds. The summed E-state index contributed by atoms with van der Waals surface area (Å²) in [6.45, 7) is 7.21. The molecule has 0 spiro atoms. The van der Waals surface area contributed by atoms with Gasteiger partial charge in [-0.05, 0) is 60.3 Å². The monoisotopic (exact) mass is 327 g/mol. The van der Waals surface area contributed by atoms with Crippen LogP contribution in [0.15, 0.2) is 26.4 Å². The molecule has 2 heterocycles. The van der Waals surface area contributed by atoms with E-state index in [-0.39, 0.29) is 6.04 Å². The van der Waals surface area contributed by atoms with Crippen LogP contribution in [-0.4, -0.2) is 6.54 Å². The van der Waals surface area contributed by atoms with Crippen LogP contribution in [0.25, 0.3) is 0 Å². The molecule has 0 aliphatic carbocycles.